The number of aliphatic hydroxyl groups is 1. The predicted octanol–water partition coefficient (Wildman–Crippen LogP) is 0.826. The monoisotopic (exact) mass is 344 g/mol. The first kappa shape index (κ1) is 19.6. The molecule has 1 rings (SSSR count). The molecule has 0 saturated carbocycles. The lowest BCUT2D eigenvalue weighted by Crippen LogP contribution is -2.49. The molecule has 0 aromatic heterocycles. The third-order valence-corrected chi connectivity index (χ3v) is 5.58. The van der Waals surface area contributed by atoms with Gasteiger partial charge in [-0.1, -0.05) is 30.3 Å². The van der Waals surface area contributed by atoms with Crippen LogP contribution in [0.5, 0.6) is 0 Å². The van der Waals surface area contributed by atoms with Gasteiger partial charge in [0.25, 0.3) is 5.91 Å². The summed E-state index contributed by atoms with van der Waals surface area (Å²) in [7, 11) is -1.16. The number of likely N-dealkylation sites (N-methyl/N-ethyl adjacent to an activating group) is 1. The van der Waals surface area contributed by atoms with Crippen LogP contribution in [0, 0.1) is 0 Å². The van der Waals surface area contributed by atoms with E-state index in [2.05, 4.69) is 4.72 Å². The molecular weight excluding hydrogens is 320 g/mol. The average molecular weight is 344 g/mol. The maximum Gasteiger partial charge on any atom is 0.276 e. The number of hydrogen-bond donors (Lipinski definition) is 2. The molecule has 0 saturated heterocycles. The van der Waals surface area contributed by atoms with E-state index in [4.69, 9.17) is 4.84 Å². The van der Waals surface area contributed by atoms with Gasteiger partial charge in [0.1, 0.15) is 0 Å². The van der Waals surface area contributed by atoms with Gasteiger partial charge in [0, 0.05) is 7.05 Å². The van der Waals surface area contributed by atoms with Gasteiger partial charge in [-0.3, -0.25) is 9.63 Å². The summed E-state index contributed by atoms with van der Waals surface area (Å²) in [5, 5.41) is 11.2. The second-order valence-corrected chi connectivity index (χ2v) is 8.55. The van der Waals surface area contributed by atoms with Crippen molar-refractivity contribution in [1.29, 1.82) is 0 Å². The van der Waals surface area contributed by atoms with Gasteiger partial charge in [-0.15, -0.1) is 0 Å². The Morgan fingerprint density at radius 1 is 1.26 bits per heavy atom. The molecule has 0 aliphatic rings. The number of rotatable bonds is 6. The van der Waals surface area contributed by atoms with Crippen LogP contribution in [-0.4, -0.2) is 49.5 Å². The van der Waals surface area contributed by atoms with Crippen LogP contribution in [0.2, 0.25) is 0 Å². The summed E-state index contributed by atoms with van der Waals surface area (Å²) < 4.78 is 26.2. The first-order chi connectivity index (χ1) is 10.5. The Morgan fingerprint density at radius 2 is 1.78 bits per heavy atom. The van der Waals surface area contributed by atoms with E-state index in [1.54, 1.807) is 30.3 Å². The van der Waals surface area contributed by atoms with Crippen molar-refractivity contribution in [2.45, 2.75) is 37.7 Å². The summed E-state index contributed by atoms with van der Waals surface area (Å²) in [6, 6.07) is 7.31. The van der Waals surface area contributed by atoms with Gasteiger partial charge in [-0.25, -0.2) is 18.2 Å². The fourth-order valence-electron chi connectivity index (χ4n) is 1.74. The molecule has 0 fully saturated rings. The zero-order valence-corrected chi connectivity index (χ0v) is 14.8. The van der Waals surface area contributed by atoms with Crippen LogP contribution in [0.25, 0.3) is 0 Å². The molecule has 0 aliphatic heterocycles. The molecule has 0 spiro atoms. The van der Waals surface area contributed by atoms with Crippen LogP contribution >= 0.6 is 0 Å². The molecule has 1 aromatic rings. The van der Waals surface area contributed by atoms with Crippen molar-refractivity contribution in [3.05, 3.63) is 35.9 Å². The number of hydroxylamine groups is 2. The van der Waals surface area contributed by atoms with Gasteiger partial charge < -0.3 is 5.11 Å². The average Bonchev–Trinajstić information content (AvgIpc) is 2.50. The van der Waals surface area contributed by atoms with Crippen LogP contribution in [0.4, 0.5) is 0 Å². The number of nitrogens with zero attached hydrogens (tertiary/aromatic N) is 1. The minimum Gasteiger partial charge on any atom is -0.381 e. The lowest BCUT2D eigenvalue weighted by molar-refractivity contribution is -0.179. The molecule has 1 amide bonds. The summed E-state index contributed by atoms with van der Waals surface area (Å²) in [6.45, 7) is 4.60. The highest BCUT2D eigenvalue weighted by Crippen LogP contribution is 2.23. The highest BCUT2D eigenvalue weighted by molar-refractivity contribution is 7.90. The molecule has 130 valence electrons. The van der Waals surface area contributed by atoms with Crippen LogP contribution in [0.15, 0.2) is 30.3 Å². The summed E-state index contributed by atoms with van der Waals surface area (Å²) in [6.07, 6.45) is -1.63. The standard InChI is InChI=1S/C15H24N2O5S/c1-15(2,3)23(20,21)16-12(11-9-7-6-8-10-11)13(18)14(19)17(4)22-5/h6-10,12-13,16,18H,1-5H3/t12-,13+/m1/s1. The second kappa shape index (κ2) is 7.39. The van der Waals surface area contributed by atoms with Crippen molar-refractivity contribution in [3.8, 4) is 0 Å². The normalized spacial score (nSPS) is 15.0. The van der Waals surface area contributed by atoms with Crippen molar-refractivity contribution < 1.29 is 23.2 Å². The molecule has 0 heterocycles. The van der Waals surface area contributed by atoms with E-state index >= 15 is 0 Å². The number of amides is 1. The molecule has 23 heavy (non-hydrogen) atoms. The zero-order valence-electron chi connectivity index (χ0n) is 14.0. The van der Waals surface area contributed by atoms with Crippen molar-refractivity contribution in [2.75, 3.05) is 14.2 Å². The number of benzene rings is 1. The summed E-state index contributed by atoms with van der Waals surface area (Å²) in [4.78, 5) is 16.9. The van der Waals surface area contributed by atoms with E-state index in [1.807, 2.05) is 0 Å². The molecule has 0 unspecified atom stereocenters. The smallest absolute Gasteiger partial charge is 0.276 e. The van der Waals surface area contributed by atoms with E-state index in [0.717, 1.165) is 5.06 Å². The molecule has 1 aromatic carbocycles. The molecular formula is C15H24N2O5S. The predicted molar refractivity (Wildman–Crippen MR) is 86.8 cm³/mol. The molecule has 8 heteroatoms. The Morgan fingerprint density at radius 3 is 2.22 bits per heavy atom. The van der Waals surface area contributed by atoms with Gasteiger partial charge in [-0.2, -0.15) is 0 Å². The van der Waals surface area contributed by atoms with E-state index in [0.29, 0.717) is 5.56 Å². The maximum atomic E-state index is 12.4. The van der Waals surface area contributed by atoms with E-state index in [1.165, 1.54) is 34.9 Å². The van der Waals surface area contributed by atoms with Crippen molar-refractivity contribution in [2.24, 2.45) is 0 Å². The van der Waals surface area contributed by atoms with Crippen LogP contribution in [0.1, 0.15) is 32.4 Å². The van der Waals surface area contributed by atoms with Crippen LogP contribution in [-0.2, 0) is 19.7 Å². The molecule has 0 radical (unpaired) electrons. The van der Waals surface area contributed by atoms with Crippen LogP contribution in [0.3, 0.4) is 0 Å². The van der Waals surface area contributed by atoms with E-state index in [-0.39, 0.29) is 0 Å². The van der Waals surface area contributed by atoms with Crippen LogP contribution < -0.4 is 4.72 Å². The van der Waals surface area contributed by atoms with Gasteiger partial charge in [0.2, 0.25) is 10.0 Å². The summed E-state index contributed by atoms with van der Waals surface area (Å²) in [5.41, 5.74) is 0.477. The third-order valence-electron chi connectivity index (χ3n) is 3.40. The number of carbonyl (C=O) groups is 1. The number of aliphatic hydroxyl groups excluding tert-OH is 1. The van der Waals surface area contributed by atoms with Crippen molar-refractivity contribution in [3.63, 3.8) is 0 Å². The first-order valence-electron chi connectivity index (χ1n) is 7.08. The Balaban J connectivity index is 3.22. The highest BCUT2D eigenvalue weighted by Gasteiger charge is 2.37. The summed E-state index contributed by atoms with van der Waals surface area (Å²) >= 11 is 0. The largest absolute Gasteiger partial charge is 0.381 e. The first-order valence-corrected chi connectivity index (χ1v) is 8.56. The Bertz CT molecular complexity index is 625. The fourth-order valence-corrected chi connectivity index (χ4v) is 2.69. The zero-order chi connectivity index (χ0) is 17.8. The van der Waals surface area contributed by atoms with E-state index < -0.39 is 32.8 Å². The Hall–Kier alpha value is -1.48. The Labute approximate surface area is 137 Å². The van der Waals surface area contributed by atoms with E-state index in [9.17, 15) is 18.3 Å². The molecule has 2 N–H and O–H groups in total. The van der Waals surface area contributed by atoms with Crippen molar-refractivity contribution in [1.82, 2.24) is 9.79 Å². The number of carbonyl (C=O) groups excluding carboxylic acids is 1. The molecule has 0 bridgehead atoms. The maximum absolute atomic E-state index is 12.4. The highest BCUT2D eigenvalue weighted by atomic mass is 32.2. The molecule has 7 nitrogen and oxygen atoms in total. The van der Waals surface area contributed by atoms with Gasteiger partial charge in [0.15, 0.2) is 6.10 Å². The van der Waals surface area contributed by atoms with Crippen molar-refractivity contribution >= 4 is 15.9 Å². The molecule has 0 aliphatic carbocycles. The Kier molecular flexibility index (Phi) is 6.29. The number of nitrogens with one attached hydrogen (secondary N) is 1. The fraction of sp³-hybridized carbons (Fsp3) is 0.533. The number of hydrogen-bond acceptors (Lipinski definition) is 5. The minimum absolute atomic E-state index is 0.477. The topological polar surface area (TPSA) is 95.9 Å². The lowest BCUT2D eigenvalue weighted by atomic mass is 10.0. The SMILES string of the molecule is CON(C)C(=O)[C@@H](O)[C@H](NS(=O)(=O)C(C)(C)C)c1ccccc1. The molecule has 2 atom stereocenters. The number of sulfonamides is 1. The van der Waals surface area contributed by atoms with Gasteiger partial charge in [0.05, 0.1) is 17.9 Å². The van der Waals surface area contributed by atoms with Gasteiger partial charge in [-0.05, 0) is 26.3 Å². The third kappa shape index (κ3) is 4.74. The van der Waals surface area contributed by atoms with Gasteiger partial charge >= 0.3 is 0 Å². The second-order valence-electron chi connectivity index (χ2n) is 6.09. The minimum atomic E-state index is -3.78. The summed E-state index contributed by atoms with van der Waals surface area (Å²) in [5.74, 6) is -0.752. The lowest BCUT2D eigenvalue weighted by Gasteiger charge is -2.29. The quantitative estimate of drug-likeness (QED) is 0.745.